The summed E-state index contributed by atoms with van der Waals surface area (Å²) in [4.78, 5) is 28.8. The van der Waals surface area contributed by atoms with E-state index in [-0.39, 0.29) is 12.0 Å². The van der Waals surface area contributed by atoms with E-state index in [1.165, 1.54) is 0 Å². The third kappa shape index (κ3) is 5.08. The Labute approximate surface area is 172 Å². The van der Waals surface area contributed by atoms with Crippen LogP contribution in [0.4, 0.5) is 4.79 Å². The van der Waals surface area contributed by atoms with E-state index < -0.39 is 5.60 Å². The van der Waals surface area contributed by atoms with Crippen molar-refractivity contribution < 1.29 is 19.1 Å². The number of rotatable bonds is 3. The zero-order valence-corrected chi connectivity index (χ0v) is 17.5. The molecule has 6 heteroatoms. The highest BCUT2D eigenvalue weighted by atomic mass is 16.6. The number of methoxy groups -OCH3 is 1. The lowest BCUT2D eigenvalue weighted by Gasteiger charge is -2.35. The van der Waals surface area contributed by atoms with Gasteiger partial charge in [-0.2, -0.15) is 0 Å². The van der Waals surface area contributed by atoms with Crippen LogP contribution in [0.25, 0.3) is 11.1 Å². The van der Waals surface area contributed by atoms with Crippen molar-refractivity contribution in [2.75, 3.05) is 33.3 Å². The monoisotopic (exact) mass is 396 g/mol. The minimum atomic E-state index is -0.532. The topological polar surface area (TPSA) is 59.1 Å². The highest BCUT2D eigenvalue weighted by Gasteiger charge is 2.29. The molecule has 154 valence electrons. The zero-order valence-electron chi connectivity index (χ0n) is 17.5. The van der Waals surface area contributed by atoms with Crippen LogP contribution < -0.4 is 4.74 Å². The molecule has 0 saturated carbocycles. The maximum absolute atomic E-state index is 13.2. The Morgan fingerprint density at radius 1 is 0.862 bits per heavy atom. The molecule has 29 heavy (non-hydrogen) atoms. The average molecular weight is 396 g/mol. The van der Waals surface area contributed by atoms with Gasteiger partial charge in [-0.15, -0.1) is 0 Å². The fourth-order valence-corrected chi connectivity index (χ4v) is 3.27. The Hall–Kier alpha value is -3.02. The van der Waals surface area contributed by atoms with Gasteiger partial charge in [0.15, 0.2) is 0 Å². The van der Waals surface area contributed by atoms with Gasteiger partial charge >= 0.3 is 6.09 Å². The first kappa shape index (κ1) is 20.7. The van der Waals surface area contributed by atoms with Crippen molar-refractivity contribution in [3.63, 3.8) is 0 Å². The lowest BCUT2D eigenvalue weighted by Crippen LogP contribution is -2.51. The molecule has 0 unspecified atom stereocenters. The molecular weight excluding hydrogens is 368 g/mol. The molecule has 1 saturated heterocycles. The summed E-state index contributed by atoms with van der Waals surface area (Å²) in [6.45, 7) is 7.33. The van der Waals surface area contributed by atoms with Crippen LogP contribution in [-0.2, 0) is 4.74 Å². The Morgan fingerprint density at radius 2 is 1.48 bits per heavy atom. The van der Waals surface area contributed by atoms with Crippen LogP contribution in [0.5, 0.6) is 5.75 Å². The van der Waals surface area contributed by atoms with Crippen LogP contribution in [0.3, 0.4) is 0 Å². The van der Waals surface area contributed by atoms with Crippen LogP contribution in [0.2, 0.25) is 0 Å². The van der Waals surface area contributed by atoms with Gasteiger partial charge in [0.05, 0.1) is 12.7 Å². The van der Waals surface area contributed by atoms with E-state index in [0.29, 0.717) is 37.5 Å². The van der Waals surface area contributed by atoms with Crippen LogP contribution in [0.1, 0.15) is 31.1 Å². The summed E-state index contributed by atoms with van der Waals surface area (Å²) in [5.41, 5.74) is 2.00. The van der Waals surface area contributed by atoms with E-state index in [4.69, 9.17) is 9.47 Å². The molecule has 2 aromatic rings. The number of hydrogen-bond acceptors (Lipinski definition) is 4. The van der Waals surface area contributed by atoms with Gasteiger partial charge in [-0.25, -0.2) is 4.79 Å². The van der Waals surface area contributed by atoms with Crippen LogP contribution in [0.15, 0.2) is 48.5 Å². The summed E-state index contributed by atoms with van der Waals surface area (Å²) in [6, 6.07) is 15.6. The zero-order chi connectivity index (χ0) is 21.0. The van der Waals surface area contributed by atoms with Crippen molar-refractivity contribution in [2.45, 2.75) is 26.4 Å². The number of carbonyl (C=O) groups is 2. The second kappa shape index (κ2) is 8.55. The molecule has 1 fully saturated rings. The van der Waals surface area contributed by atoms with Gasteiger partial charge in [0.25, 0.3) is 5.91 Å². The molecule has 0 bridgehead atoms. The van der Waals surface area contributed by atoms with Crippen molar-refractivity contribution in [3.8, 4) is 16.9 Å². The van der Waals surface area contributed by atoms with Crippen LogP contribution in [0, 0.1) is 0 Å². The molecule has 6 nitrogen and oxygen atoms in total. The van der Waals surface area contributed by atoms with Gasteiger partial charge in [-0.05, 0) is 44.0 Å². The second-order valence-electron chi connectivity index (χ2n) is 8.04. The van der Waals surface area contributed by atoms with Crippen molar-refractivity contribution in [3.05, 3.63) is 54.1 Å². The molecule has 0 radical (unpaired) electrons. The number of hydrogen-bond donors (Lipinski definition) is 0. The summed E-state index contributed by atoms with van der Waals surface area (Å²) < 4.78 is 10.9. The standard InChI is InChI=1S/C23H28N2O4/c1-23(2,3)29-22(27)25-14-12-24(13-15-25)21(26)19-16-18(10-11-20(19)28-4)17-8-6-5-7-9-17/h5-11,16H,12-15H2,1-4H3. The van der Waals surface area contributed by atoms with E-state index in [1.807, 2.05) is 69.3 Å². The van der Waals surface area contributed by atoms with E-state index in [2.05, 4.69) is 0 Å². The molecule has 0 spiro atoms. The summed E-state index contributed by atoms with van der Waals surface area (Å²) in [5, 5.41) is 0. The second-order valence-corrected chi connectivity index (χ2v) is 8.04. The molecule has 1 heterocycles. The quantitative estimate of drug-likeness (QED) is 0.785. The van der Waals surface area contributed by atoms with Crippen LogP contribution >= 0.6 is 0 Å². The Morgan fingerprint density at radius 3 is 2.07 bits per heavy atom. The number of amides is 2. The molecule has 0 aromatic heterocycles. The van der Waals surface area contributed by atoms with E-state index in [9.17, 15) is 9.59 Å². The van der Waals surface area contributed by atoms with E-state index in [1.54, 1.807) is 16.9 Å². The number of ether oxygens (including phenoxy) is 2. The van der Waals surface area contributed by atoms with Gasteiger partial charge < -0.3 is 19.3 Å². The first-order valence-corrected chi connectivity index (χ1v) is 9.79. The third-order valence-corrected chi connectivity index (χ3v) is 4.76. The fourth-order valence-electron chi connectivity index (χ4n) is 3.27. The largest absolute Gasteiger partial charge is 0.496 e. The maximum atomic E-state index is 13.2. The molecule has 0 aliphatic carbocycles. The van der Waals surface area contributed by atoms with Gasteiger partial charge in [0.1, 0.15) is 11.4 Å². The Balaban J connectivity index is 1.73. The fraction of sp³-hybridized carbons (Fsp3) is 0.391. The summed E-state index contributed by atoms with van der Waals surface area (Å²) >= 11 is 0. The Kier molecular flexibility index (Phi) is 6.11. The third-order valence-electron chi connectivity index (χ3n) is 4.76. The molecule has 2 aromatic carbocycles. The summed E-state index contributed by atoms with van der Waals surface area (Å²) in [5.74, 6) is 0.452. The maximum Gasteiger partial charge on any atom is 0.410 e. The molecule has 0 atom stereocenters. The van der Waals surface area contributed by atoms with Crippen LogP contribution in [-0.4, -0.2) is 60.7 Å². The number of benzene rings is 2. The highest BCUT2D eigenvalue weighted by molar-refractivity contribution is 5.98. The first-order chi connectivity index (χ1) is 13.8. The van der Waals surface area contributed by atoms with Gasteiger partial charge in [-0.3, -0.25) is 4.79 Å². The molecule has 0 N–H and O–H groups in total. The molecular formula is C23H28N2O4. The molecule has 3 rings (SSSR count). The first-order valence-electron chi connectivity index (χ1n) is 9.79. The predicted molar refractivity (Wildman–Crippen MR) is 112 cm³/mol. The van der Waals surface area contributed by atoms with Crippen molar-refractivity contribution in [2.24, 2.45) is 0 Å². The van der Waals surface area contributed by atoms with Crippen molar-refractivity contribution >= 4 is 12.0 Å². The summed E-state index contributed by atoms with van der Waals surface area (Å²) in [6.07, 6.45) is -0.340. The smallest absolute Gasteiger partial charge is 0.410 e. The molecule has 2 amide bonds. The number of piperazine rings is 1. The van der Waals surface area contributed by atoms with E-state index in [0.717, 1.165) is 11.1 Å². The average Bonchev–Trinajstić information content (AvgIpc) is 2.72. The molecule has 1 aliphatic rings. The minimum Gasteiger partial charge on any atom is -0.496 e. The van der Waals surface area contributed by atoms with Crippen molar-refractivity contribution in [1.82, 2.24) is 9.80 Å². The number of nitrogens with zero attached hydrogens (tertiary/aromatic N) is 2. The van der Waals surface area contributed by atoms with Gasteiger partial charge in [0, 0.05) is 26.2 Å². The highest BCUT2D eigenvalue weighted by Crippen LogP contribution is 2.28. The lowest BCUT2D eigenvalue weighted by atomic mass is 10.0. The SMILES string of the molecule is COc1ccc(-c2ccccc2)cc1C(=O)N1CCN(C(=O)OC(C)(C)C)CC1. The minimum absolute atomic E-state index is 0.0940. The van der Waals surface area contributed by atoms with Gasteiger partial charge in [0.2, 0.25) is 0 Å². The Bertz CT molecular complexity index is 866. The summed E-state index contributed by atoms with van der Waals surface area (Å²) in [7, 11) is 1.56. The normalized spacial score (nSPS) is 14.5. The molecule has 1 aliphatic heterocycles. The predicted octanol–water partition coefficient (Wildman–Crippen LogP) is 4.06. The number of carbonyl (C=O) groups excluding carboxylic acids is 2. The van der Waals surface area contributed by atoms with E-state index >= 15 is 0 Å². The van der Waals surface area contributed by atoms with Gasteiger partial charge in [-0.1, -0.05) is 36.4 Å². The lowest BCUT2D eigenvalue weighted by molar-refractivity contribution is 0.0140. The van der Waals surface area contributed by atoms with Crippen molar-refractivity contribution in [1.29, 1.82) is 0 Å².